The summed E-state index contributed by atoms with van der Waals surface area (Å²) >= 11 is 0. The van der Waals surface area contributed by atoms with Gasteiger partial charge < -0.3 is 5.32 Å². The maximum absolute atomic E-state index is 12.5. The van der Waals surface area contributed by atoms with Crippen LogP contribution in [-0.2, 0) is 16.6 Å². The van der Waals surface area contributed by atoms with E-state index in [-0.39, 0.29) is 11.7 Å². The lowest BCUT2D eigenvalue weighted by Gasteiger charge is -2.15. The lowest BCUT2D eigenvalue weighted by atomic mass is 10.0. The maximum Gasteiger partial charge on any atom is 0.255 e. The summed E-state index contributed by atoms with van der Waals surface area (Å²) in [5, 5.41) is 11.9. The van der Waals surface area contributed by atoms with E-state index in [1.807, 2.05) is 6.07 Å². The number of amides is 1. The van der Waals surface area contributed by atoms with Crippen molar-refractivity contribution in [3.63, 3.8) is 0 Å². The summed E-state index contributed by atoms with van der Waals surface area (Å²) in [6.45, 7) is 2.57. The van der Waals surface area contributed by atoms with Crippen molar-refractivity contribution in [1.29, 1.82) is 5.26 Å². The van der Waals surface area contributed by atoms with Crippen LogP contribution >= 0.6 is 0 Å². The van der Waals surface area contributed by atoms with Gasteiger partial charge in [0.2, 0.25) is 10.0 Å². The Morgan fingerprint density at radius 3 is 2.73 bits per heavy atom. The molecule has 7 heteroatoms. The Labute approximate surface area is 153 Å². The standard InChI is InChI=1S/C19H19N3O3S/c1-14-16(12-20)6-3-8-18(14)19(23)21-17-7-2-5-15(11-17)13-22-9-4-10-26(22,24)25/h2-3,5-8,11H,4,9-10,13H2,1H3,(H,21,23). The minimum Gasteiger partial charge on any atom is -0.322 e. The van der Waals surface area contributed by atoms with Crippen molar-refractivity contribution in [3.8, 4) is 6.07 Å². The van der Waals surface area contributed by atoms with Gasteiger partial charge in [0.1, 0.15) is 0 Å². The number of hydrogen-bond acceptors (Lipinski definition) is 4. The van der Waals surface area contributed by atoms with E-state index in [0.717, 1.165) is 5.56 Å². The molecule has 3 rings (SSSR count). The molecule has 26 heavy (non-hydrogen) atoms. The number of sulfonamides is 1. The first-order valence-electron chi connectivity index (χ1n) is 8.28. The second kappa shape index (κ2) is 7.28. The highest BCUT2D eigenvalue weighted by molar-refractivity contribution is 7.89. The monoisotopic (exact) mass is 369 g/mol. The van der Waals surface area contributed by atoms with Crippen LogP contribution in [0.15, 0.2) is 42.5 Å². The molecule has 1 fully saturated rings. The summed E-state index contributed by atoms with van der Waals surface area (Å²) < 4.78 is 25.3. The molecule has 1 amide bonds. The van der Waals surface area contributed by atoms with Crippen LogP contribution in [0.3, 0.4) is 0 Å². The Morgan fingerprint density at radius 2 is 2.04 bits per heavy atom. The third-order valence-corrected chi connectivity index (χ3v) is 6.35. The molecule has 0 saturated carbocycles. The zero-order valence-electron chi connectivity index (χ0n) is 14.4. The van der Waals surface area contributed by atoms with Crippen molar-refractivity contribution in [2.45, 2.75) is 19.9 Å². The second-order valence-corrected chi connectivity index (χ2v) is 8.34. The quantitative estimate of drug-likeness (QED) is 0.897. The van der Waals surface area contributed by atoms with Gasteiger partial charge in [-0.3, -0.25) is 4.79 Å². The van der Waals surface area contributed by atoms with E-state index < -0.39 is 10.0 Å². The number of benzene rings is 2. The number of rotatable bonds is 4. The van der Waals surface area contributed by atoms with Gasteiger partial charge in [0.05, 0.1) is 17.4 Å². The van der Waals surface area contributed by atoms with Gasteiger partial charge in [-0.05, 0) is 48.7 Å². The van der Waals surface area contributed by atoms with E-state index in [2.05, 4.69) is 11.4 Å². The van der Waals surface area contributed by atoms with E-state index >= 15 is 0 Å². The fourth-order valence-electron chi connectivity index (χ4n) is 3.02. The van der Waals surface area contributed by atoms with Crippen LogP contribution in [0.2, 0.25) is 0 Å². The highest BCUT2D eigenvalue weighted by Gasteiger charge is 2.28. The number of carbonyl (C=O) groups is 1. The molecule has 0 aromatic heterocycles. The Kier molecular flexibility index (Phi) is 5.07. The molecule has 0 radical (unpaired) electrons. The third kappa shape index (κ3) is 3.77. The molecule has 0 aliphatic carbocycles. The Hall–Kier alpha value is -2.69. The van der Waals surface area contributed by atoms with Crippen LogP contribution in [0.4, 0.5) is 5.69 Å². The van der Waals surface area contributed by atoms with Gasteiger partial charge in [0, 0.05) is 24.3 Å². The summed E-state index contributed by atoms with van der Waals surface area (Å²) in [6.07, 6.45) is 0.646. The Morgan fingerprint density at radius 1 is 1.27 bits per heavy atom. The van der Waals surface area contributed by atoms with Gasteiger partial charge in [0.15, 0.2) is 0 Å². The molecule has 2 aromatic rings. The van der Waals surface area contributed by atoms with Crippen molar-refractivity contribution in [2.24, 2.45) is 0 Å². The molecule has 2 aromatic carbocycles. The number of nitrogens with zero attached hydrogens (tertiary/aromatic N) is 2. The van der Waals surface area contributed by atoms with Gasteiger partial charge in [-0.1, -0.05) is 18.2 Å². The highest BCUT2D eigenvalue weighted by Crippen LogP contribution is 2.20. The number of hydrogen-bond donors (Lipinski definition) is 1. The number of anilines is 1. The van der Waals surface area contributed by atoms with Crippen molar-refractivity contribution in [2.75, 3.05) is 17.6 Å². The van der Waals surface area contributed by atoms with Crippen LogP contribution < -0.4 is 5.32 Å². The van der Waals surface area contributed by atoms with Crippen molar-refractivity contribution in [1.82, 2.24) is 4.31 Å². The van der Waals surface area contributed by atoms with Gasteiger partial charge in [-0.15, -0.1) is 0 Å². The summed E-state index contributed by atoms with van der Waals surface area (Å²) in [7, 11) is -3.16. The molecule has 1 heterocycles. The Bertz CT molecular complexity index is 993. The van der Waals surface area contributed by atoms with E-state index in [1.165, 1.54) is 4.31 Å². The molecule has 0 bridgehead atoms. The predicted octanol–water partition coefficient (Wildman–Crippen LogP) is 2.65. The predicted molar refractivity (Wildman–Crippen MR) is 99.1 cm³/mol. The van der Waals surface area contributed by atoms with Crippen molar-refractivity contribution < 1.29 is 13.2 Å². The van der Waals surface area contributed by atoms with Gasteiger partial charge in [-0.25, -0.2) is 8.42 Å². The zero-order chi connectivity index (χ0) is 18.7. The summed E-state index contributed by atoms with van der Waals surface area (Å²) in [5.74, 6) is -0.108. The van der Waals surface area contributed by atoms with Gasteiger partial charge >= 0.3 is 0 Å². The molecule has 0 unspecified atom stereocenters. The summed E-state index contributed by atoms with van der Waals surface area (Å²) in [6, 6.07) is 14.2. The fraction of sp³-hybridized carbons (Fsp3) is 0.263. The number of nitriles is 1. The molecule has 1 N–H and O–H groups in total. The first kappa shape index (κ1) is 18.1. The van der Waals surface area contributed by atoms with E-state index in [1.54, 1.807) is 43.3 Å². The summed E-state index contributed by atoms with van der Waals surface area (Å²) in [4.78, 5) is 12.5. The lowest BCUT2D eigenvalue weighted by Crippen LogP contribution is -2.25. The zero-order valence-corrected chi connectivity index (χ0v) is 15.2. The maximum atomic E-state index is 12.5. The molecular formula is C19H19N3O3S. The molecule has 6 nitrogen and oxygen atoms in total. The minimum absolute atomic E-state index is 0.192. The van der Waals surface area contributed by atoms with Crippen LogP contribution in [-0.4, -0.2) is 30.9 Å². The second-order valence-electron chi connectivity index (χ2n) is 6.25. The molecule has 1 saturated heterocycles. The third-order valence-electron chi connectivity index (χ3n) is 4.45. The lowest BCUT2D eigenvalue weighted by molar-refractivity contribution is 0.102. The topological polar surface area (TPSA) is 90.3 Å². The SMILES string of the molecule is Cc1c(C#N)cccc1C(=O)Nc1cccc(CN2CCCS2(=O)=O)c1. The first-order chi connectivity index (χ1) is 12.4. The van der Waals surface area contributed by atoms with E-state index in [0.29, 0.717) is 41.9 Å². The molecule has 1 aliphatic rings. The van der Waals surface area contributed by atoms with Gasteiger partial charge in [0.25, 0.3) is 5.91 Å². The molecule has 134 valence electrons. The van der Waals surface area contributed by atoms with Crippen LogP contribution in [0.25, 0.3) is 0 Å². The van der Waals surface area contributed by atoms with E-state index in [9.17, 15) is 13.2 Å². The Balaban J connectivity index is 1.77. The van der Waals surface area contributed by atoms with Crippen LogP contribution in [0.5, 0.6) is 0 Å². The minimum atomic E-state index is -3.16. The van der Waals surface area contributed by atoms with Crippen LogP contribution in [0, 0.1) is 18.3 Å². The highest BCUT2D eigenvalue weighted by atomic mass is 32.2. The molecule has 1 aliphatic heterocycles. The largest absolute Gasteiger partial charge is 0.322 e. The van der Waals surface area contributed by atoms with Gasteiger partial charge in [-0.2, -0.15) is 9.57 Å². The number of carbonyl (C=O) groups excluding carboxylic acids is 1. The first-order valence-corrected chi connectivity index (χ1v) is 9.89. The molecule has 0 spiro atoms. The average molecular weight is 369 g/mol. The summed E-state index contributed by atoms with van der Waals surface area (Å²) in [5.41, 5.74) is 2.94. The number of nitrogens with one attached hydrogen (secondary N) is 1. The van der Waals surface area contributed by atoms with Crippen molar-refractivity contribution >= 4 is 21.6 Å². The normalized spacial score (nSPS) is 16.2. The van der Waals surface area contributed by atoms with Crippen molar-refractivity contribution in [3.05, 3.63) is 64.7 Å². The smallest absolute Gasteiger partial charge is 0.255 e. The molecule has 0 atom stereocenters. The van der Waals surface area contributed by atoms with Crippen LogP contribution in [0.1, 0.15) is 33.5 Å². The average Bonchev–Trinajstić information content (AvgIpc) is 2.93. The van der Waals surface area contributed by atoms with E-state index in [4.69, 9.17) is 5.26 Å². The fourth-order valence-corrected chi connectivity index (χ4v) is 4.53. The molecular weight excluding hydrogens is 350 g/mol.